The first kappa shape index (κ1) is 14.7. The van der Waals surface area contributed by atoms with E-state index in [9.17, 15) is 0 Å². The summed E-state index contributed by atoms with van der Waals surface area (Å²) in [6.07, 6.45) is 1.01. The van der Waals surface area contributed by atoms with Crippen molar-refractivity contribution in [2.24, 2.45) is 0 Å². The maximum Gasteiger partial charge on any atom is 0.119 e. The van der Waals surface area contributed by atoms with Crippen LogP contribution >= 0.6 is 15.9 Å². The number of anilines is 3. The molecule has 0 unspecified atom stereocenters. The molecule has 0 amide bonds. The molecule has 0 heterocycles. The van der Waals surface area contributed by atoms with Crippen LogP contribution < -0.4 is 15.8 Å². The largest absolute Gasteiger partial charge is 0.494 e. The summed E-state index contributed by atoms with van der Waals surface area (Å²) in [5.74, 6) is 0.893. The Bertz CT molecular complexity index is 582. The smallest absolute Gasteiger partial charge is 0.119 e. The van der Waals surface area contributed by atoms with Gasteiger partial charge in [-0.15, -0.1) is 0 Å². The van der Waals surface area contributed by atoms with Crippen molar-refractivity contribution < 1.29 is 4.74 Å². The zero-order chi connectivity index (χ0) is 14.5. The molecule has 0 atom stereocenters. The van der Waals surface area contributed by atoms with Gasteiger partial charge >= 0.3 is 0 Å². The van der Waals surface area contributed by atoms with Gasteiger partial charge in [-0.3, -0.25) is 0 Å². The molecule has 106 valence electrons. The number of benzene rings is 2. The molecule has 0 spiro atoms. The van der Waals surface area contributed by atoms with E-state index >= 15 is 0 Å². The lowest BCUT2D eigenvalue weighted by Crippen LogP contribution is -1.97. The topological polar surface area (TPSA) is 47.3 Å². The third-order valence-electron chi connectivity index (χ3n) is 2.96. The molecule has 0 aromatic heterocycles. The standard InChI is InChI=1S/C16H19BrN2O/c1-3-8-20-13-6-4-12(5-7-13)19-16-9-11(2)15(18)10-14(16)17/h4-7,9-10,19H,3,8,18H2,1-2H3. The Morgan fingerprint density at radius 1 is 1.20 bits per heavy atom. The highest BCUT2D eigenvalue weighted by atomic mass is 79.9. The number of halogens is 1. The minimum Gasteiger partial charge on any atom is -0.494 e. The second kappa shape index (κ2) is 6.66. The van der Waals surface area contributed by atoms with Crippen LogP contribution in [0.15, 0.2) is 40.9 Å². The zero-order valence-corrected chi connectivity index (χ0v) is 13.3. The van der Waals surface area contributed by atoms with Crippen molar-refractivity contribution in [1.82, 2.24) is 0 Å². The van der Waals surface area contributed by atoms with E-state index in [1.54, 1.807) is 0 Å². The van der Waals surface area contributed by atoms with Gasteiger partial charge in [-0.25, -0.2) is 0 Å². The highest BCUT2D eigenvalue weighted by Crippen LogP contribution is 2.30. The van der Waals surface area contributed by atoms with Crippen LogP contribution in [0.4, 0.5) is 17.1 Å². The van der Waals surface area contributed by atoms with Gasteiger partial charge in [0, 0.05) is 15.8 Å². The number of ether oxygens (including phenoxy) is 1. The molecule has 3 N–H and O–H groups in total. The Balaban J connectivity index is 2.12. The summed E-state index contributed by atoms with van der Waals surface area (Å²) in [5.41, 5.74) is 9.72. The molecule has 0 bridgehead atoms. The third-order valence-corrected chi connectivity index (χ3v) is 3.62. The van der Waals surface area contributed by atoms with Crippen LogP contribution in [0.2, 0.25) is 0 Å². The van der Waals surface area contributed by atoms with E-state index in [4.69, 9.17) is 10.5 Å². The molecule has 20 heavy (non-hydrogen) atoms. The molecule has 2 aromatic rings. The van der Waals surface area contributed by atoms with E-state index in [1.165, 1.54) is 0 Å². The van der Waals surface area contributed by atoms with Gasteiger partial charge < -0.3 is 15.8 Å². The minimum absolute atomic E-state index is 0.746. The number of hydrogen-bond acceptors (Lipinski definition) is 3. The predicted octanol–water partition coefficient (Wildman–Crippen LogP) is 4.87. The molecule has 2 aromatic carbocycles. The summed E-state index contributed by atoms with van der Waals surface area (Å²) in [5, 5.41) is 3.37. The summed E-state index contributed by atoms with van der Waals surface area (Å²) in [7, 11) is 0. The van der Waals surface area contributed by atoms with Crippen LogP contribution in [0.5, 0.6) is 5.75 Å². The number of nitrogen functional groups attached to an aromatic ring is 1. The minimum atomic E-state index is 0.746. The van der Waals surface area contributed by atoms with Gasteiger partial charge in [-0.1, -0.05) is 6.92 Å². The molecular formula is C16H19BrN2O. The number of rotatable bonds is 5. The number of nitrogens with one attached hydrogen (secondary N) is 1. The van der Waals surface area contributed by atoms with E-state index in [1.807, 2.05) is 43.3 Å². The Morgan fingerprint density at radius 2 is 1.90 bits per heavy atom. The Kier molecular flexibility index (Phi) is 4.90. The summed E-state index contributed by atoms with van der Waals surface area (Å²) in [6, 6.07) is 11.9. The molecule has 0 saturated heterocycles. The van der Waals surface area contributed by atoms with Gasteiger partial charge in [0.05, 0.1) is 12.3 Å². The normalized spacial score (nSPS) is 10.3. The third kappa shape index (κ3) is 3.67. The van der Waals surface area contributed by atoms with Gasteiger partial charge in [0.1, 0.15) is 5.75 Å². The maximum absolute atomic E-state index is 5.87. The molecule has 0 saturated carbocycles. The van der Waals surface area contributed by atoms with Crippen LogP contribution in [0.3, 0.4) is 0 Å². The highest BCUT2D eigenvalue weighted by Gasteiger charge is 2.04. The van der Waals surface area contributed by atoms with Crippen molar-refractivity contribution >= 4 is 33.0 Å². The zero-order valence-electron chi connectivity index (χ0n) is 11.7. The summed E-state index contributed by atoms with van der Waals surface area (Å²) in [6.45, 7) is 4.83. The molecule has 0 aliphatic heterocycles. The van der Waals surface area contributed by atoms with Crippen LogP contribution in [0.1, 0.15) is 18.9 Å². The summed E-state index contributed by atoms with van der Waals surface area (Å²) >= 11 is 3.52. The molecule has 0 aliphatic carbocycles. The first-order valence-electron chi connectivity index (χ1n) is 6.65. The molecule has 4 heteroatoms. The maximum atomic E-state index is 5.87. The monoisotopic (exact) mass is 334 g/mol. The first-order chi connectivity index (χ1) is 9.60. The van der Waals surface area contributed by atoms with E-state index in [0.29, 0.717) is 0 Å². The van der Waals surface area contributed by atoms with E-state index in [2.05, 4.69) is 28.2 Å². The van der Waals surface area contributed by atoms with Crippen molar-refractivity contribution in [2.75, 3.05) is 17.7 Å². The van der Waals surface area contributed by atoms with Crippen molar-refractivity contribution in [1.29, 1.82) is 0 Å². The van der Waals surface area contributed by atoms with Crippen LogP contribution in [0, 0.1) is 6.92 Å². The van der Waals surface area contributed by atoms with Crippen molar-refractivity contribution in [3.8, 4) is 5.75 Å². The molecule has 0 aliphatic rings. The van der Waals surface area contributed by atoms with Crippen LogP contribution in [0.25, 0.3) is 0 Å². The van der Waals surface area contributed by atoms with Crippen LogP contribution in [-0.2, 0) is 0 Å². The Morgan fingerprint density at radius 3 is 2.55 bits per heavy atom. The van der Waals surface area contributed by atoms with Crippen molar-refractivity contribution in [3.63, 3.8) is 0 Å². The molecule has 0 fully saturated rings. The first-order valence-corrected chi connectivity index (χ1v) is 7.45. The van der Waals surface area contributed by atoms with Gasteiger partial charge in [0.15, 0.2) is 0 Å². The van der Waals surface area contributed by atoms with Gasteiger partial charge in [0.2, 0.25) is 0 Å². The second-order valence-electron chi connectivity index (χ2n) is 4.69. The van der Waals surface area contributed by atoms with Crippen molar-refractivity contribution in [3.05, 3.63) is 46.4 Å². The Labute approximate surface area is 128 Å². The fourth-order valence-electron chi connectivity index (χ4n) is 1.80. The Hall–Kier alpha value is -1.68. The molecular weight excluding hydrogens is 316 g/mol. The quantitative estimate of drug-likeness (QED) is 0.766. The summed E-state index contributed by atoms with van der Waals surface area (Å²) in [4.78, 5) is 0. The van der Waals surface area contributed by atoms with Gasteiger partial charge in [0.25, 0.3) is 0 Å². The fraction of sp³-hybridized carbons (Fsp3) is 0.250. The number of hydrogen-bond donors (Lipinski definition) is 2. The molecule has 0 radical (unpaired) electrons. The van der Waals surface area contributed by atoms with Gasteiger partial charge in [-0.05, 0) is 71.2 Å². The van der Waals surface area contributed by atoms with E-state index in [0.717, 1.165) is 45.9 Å². The van der Waals surface area contributed by atoms with E-state index in [-0.39, 0.29) is 0 Å². The van der Waals surface area contributed by atoms with Crippen LogP contribution in [-0.4, -0.2) is 6.61 Å². The summed E-state index contributed by atoms with van der Waals surface area (Å²) < 4.78 is 6.52. The molecule has 2 rings (SSSR count). The fourth-order valence-corrected chi connectivity index (χ4v) is 2.26. The second-order valence-corrected chi connectivity index (χ2v) is 5.54. The lowest BCUT2D eigenvalue weighted by atomic mass is 10.2. The lowest BCUT2D eigenvalue weighted by Gasteiger charge is -2.12. The highest BCUT2D eigenvalue weighted by molar-refractivity contribution is 9.10. The lowest BCUT2D eigenvalue weighted by molar-refractivity contribution is 0.317. The average Bonchev–Trinajstić information content (AvgIpc) is 2.44. The number of aryl methyl sites for hydroxylation is 1. The van der Waals surface area contributed by atoms with E-state index < -0.39 is 0 Å². The van der Waals surface area contributed by atoms with Crippen molar-refractivity contribution in [2.45, 2.75) is 20.3 Å². The number of nitrogens with two attached hydrogens (primary N) is 1. The molecule has 3 nitrogen and oxygen atoms in total. The average molecular weight is 335 g/mol. The van der Waals surface area contributed by atoms with Gasteiger partial charge in [-0.2, -0.15) is 0 Å². The predicted molar refractivity (Wildman–Crippen MR) is 88.8 cm³/mol. The SMILES string of the molecule is CCCOc1ccc(Nc2cc(C)c(N)cc2Br)cc1.